The number of rotatable bonds is 10. The van der Waals surface area contributed by atoms with Crippen LogP contribution in [0.4, 0.5) is 18.9 Å². The molecule has 7 nitrogen and oxygen atoms in total. The number of amides is 2. The van der Waals surface area contributed by atoms with Gasteiger partial charge in [-0.15, -0.1) is 6.58 Å². The standard InChI is InChI=1S/C24H22F3N3O4/c1-3-10-29-23(32)17(14-28)11-16-8-9-20(21(12-16)33-4-2)34-15-22(31)30-19-7-5-6-18(13-19)24(25,26)27/h3,5-9,11-13H,1,4,10,15H2,2H3,(H,29,32)(H,30,31)/b17-11+. The summed E-state index contributed by atoms with van der Waals surface area (Å²) in [6.07, 6.45) is -1.68. The number of benzene rings is 2. The molecule has 0 saturated carbocycles. The summed E-state index contributed by atoms with van der Waals surface area (Å²) in [5.41, 5.74) is -0.552. The number of hydrogen-bond acceptors (Lipinski definition) is 5. The van der Waals surface area contributed by atoms with E-state index >= 15 is 0 Å². The molecule has 2 N–H and O–H groups in total. The zero-order chi connectivity index (χ0) is 25.1. The van der Waals surface area contributed by atoms with Gasteiger partial charge in [-0.3, -0.25) is 9.59 Å². The Morgan fingerprint density at radius 2 is 1.91 bits per heavy atom. The number of nitriles is 1. The predicted octanol–water partition coefficient (Wildman–Crippen LogP) is 4.33. The van der Waals surface area contributed by atoms with Gasteiger partial charge in [-0.1, -0.05) is 18.2 Å². The topological polar surface area (TPSA) is 100 Å². The number of anilines is 1. The van der Waals surface area contributed by atoms with Crippen LogP contribution in [0.2, 0.25) is 0 Å². The second-order valence-electron chi connectivity index (χ2n) is 6.72. The van der Waals surface area contributed by atoms with E-state index in [-0.39, 0.29) is 35.9 Å². The van der Waals surface area contributed by atoms with Gasteiger partial charge in [-0.05, 0) is 48.9 Å². The summed E-state index contributed by atoms with van der Waals surface area (Å²) in [5, 5.41) is 14.1. The highest BCUT2D eigenvalue weighted by atomic mass is 19.4. The van der Waals surface area contributed by atoms with Gasteiger partial charge in [0.05, 0.1) is 12.2 Å². The second-order valence-corrected chi connectivity index (χ2v) is 6.72. The van der Waals surface area contributed by atoms with E-state index in [0.717, 1.165) is 12.1 Å². The van der Waals surface area contributed by atoms with E-state index in [2.05, 4.69) is 17.2 Å². The first-order valence-corrected chi connectivity index (χ1v) is 10.1. The Morgan fingerprint density at radius 1 is 1.15 bits per heavy atom. The first kappa shape index (κ1) is 26.0. The summed E-state index contributed by atoms with van der Waals surface area (Å²) in [5.74, 6) is -0.775. The van der Waals surface area contributed by atoms with Crippen molar-refractivity contribution in [2.75, 3.05) is 25.1 Å². The highest BCUT2D eigenvalue weighted by Gasteiger charge is 2.30. The van der Waals surface area contributed by atoms with Crippen LogP contribution in [0.15, 0.2) is 60.7 Å². The molecule has 0 aliphatic rings. The quantitative estimate of drug-likeness (QED) is 0.304. The van der Waals surface area contributed by atoms with E-state index in [4.69, 9.17) is 9.47 Å². The third-order valence-electron chi connectivity index (χ3n) is 4.18. The van der Waals surface area contributed by atoms with Crippen LogP contribution in [0.1, 0.15) is 18.1 Å². The van der Waals surface area contributed by atoms with Crippen molar-refractivity contribution >= 4 is 23.6 Å². The molecular weight excluding hydrogens is 451 g/mol. The molecule has 2 rings (SSSR count). The number of hydrogen-bond donors (Lipinski definition) is 2. The third kappa shape index (κ3) is 7.70. The first-order chi connectivity index (χ1) is 16.2. The van der Waals surface area contributed by atoms with Crippen LogP contribution < -0.4 is 20.1 Å². The Morgan fingerprint density at radius 3 is 2.56 bits per heavy atom. The monoisotopic (exact) mass is 473 g/mol. The molecule has 0 aromatic heterocycles. The fraction of sp³-hybridized carbons (Fsp3) is 0.208. The number of ether oxygens (including phenoxy) is 2. The molecule has 0 saturated heterocycles. The van der Waals surface area contributed by atoms with E-state index in [1.807, 2.05) is 6.07 Å². The largest absolute Gasteiger partial charge is 0.490 e. The molecule has 0 unspecified atom stereocenters. The smallest absolute Gasteiger partial charge is 0.416 e. The van der Waals surface area contributed by atoms with Gasteiger partial charge in [0.25, 0.3) is 11.8 Å². The molecular formula is C24H22F3N3O4. The maximum absolute atomic E-state index is 12.8. The Balaban J connectivity index is 2.12. The maximum Gasteiger partial charge on any atom is 0.416 e. The number of alkyl halides is 3. The zero-order valence-corrected chi connectivity index (χ0v) is 18.2. The second kappa shape index (κ2) is 12.1. The normalized spacial score (nSPS) is 11.2. The summed E-state index contributed by atoms with van der Waals surface area (Å²) < 4.78 is 49.5. The molecule has 10 heteroatoms. The lowest BCUT2D eigenvalue weighted by Crippen LogP contribution is -2.24. The number of nitrogens with zero attached hydrogens (tertiary/aromatic N) is 1. The van der Waals surface area contributed by atoms with Gasteiger partial charge in [0.15, 0.2) is 18.1 Å². The highest BCUT2D eigenvalue weighted by molar-refractivity contribution is 6.01. The van der Waals surface area contributed by atoms with Gasteiger partial charge in [0, 0.05) is 12.2 Å². The van der Waals surface area contributed by atoms with Crippen molar-refractivity contribution in [1.82, 2.24) is 5.32 Å². The van der Waals surface area contributed by atoms with Crippen LogP contribution in [0.5, 0.6) is 11.5 Å². The van der Waals surface area contributed by atoms with E-state index in [1.165, 1.54) is 36.4 Å². The lowest BCUT2D eigenvalue weighted by molar-refractivity contribution is -0.137. The van der Waals surface area contributed by atoms with Crippen molar-refractivity contribution in [3.63, 3.8) is 0 Å². The molecule has 178 valence electrons. The van der Waals surface area contributed by atoms with Gasteiger partial charge in [0.2, 0.25) is 0 Å². The molecule has 0 fully saturated rings. The zero-order valence-electron chi connectivity index (χ0n) is 18.2. The molecule has 0 aliphatic carbocycles. The average molecular weight is 473 g/mol. The molecule has 2 aromatic carbocycles. The SMILES string of the molecule is C=CCNC(=O)/C(C#N)=C/c1ccc(OCC(=O)Nc2cccc(C(F)(F)F)c2)c(OCC)c1. The van der Waals surface area contributed by atoms with Crippen molar-refractivity contribution in [2.24, 2.45) is 0 Å². The number of carbonyl (C=O) groups is 2. The molecule has 0 atom stereocenters. The van der Waals surface area contributed by atoms with Crippen molar-refractivity contribution in [3.8, 4) is 17.6 Å². The summed E-state index contributed by atoms with van der Waals surface area (Å²) in [6, 6.07) is 10.6. The summed E-state index contributed by atoms with van der Waals surface area (Å²) in [4.78, 5) is 24.2. The highest BCUT2D eigenvalue weighted by Crippen LogP contribution is 2.31. The summed E-state index contributed by atoms with van der Waals surface area (Å²) >= 11 is 0. The lowest BCUT2D eigenvalue weighted by atomic mass is 10.1. The Labute approximate surface area is 194 Å². The predicted molar refractivity (Wildman–Crippen MR) is 120 cm³/mol. The van der Waals surface area contributed by atoms with Crippen molar-refractivity contribution in [1.29, 1.82) is 5.26 Å². The fourth-order valence-corrected chi connectivity index (χ4v) is 2.69. The van der Waals surface area contributed by atoms with Gasteiger partial charge >= 0.3 is 6.18 Å². The molecule has 0 aliphatic heterocycles. The number of nitrogens with one attached hydrogen (secondary N) is 2. The molecule has 2 amide bonds. The first-order valence-electron chi connectivity index (χ1n) is 10.1. The van der Waals surface area contributed by atoms with E-state index in [1.54, 1.807) is 13.0 Å². The summed E-state index contributed by atoms with van der Waals surface area (Å²) in [7, 11) is 0. The molecule has 0 spiro atoms. The molecule has 2 aromatic rings. The minimum atomic E-state index is -4.53. The van der Waals surface area contributed by atoms with Crippen LogP contribution in [0.25, 0.3) is 6.08 Å². The lowest BCUT2D eigenvalue weighted by Gasteiger charge is -2.13. The minimum Gasteiger partial charge on any atom is -0.490 e. The van der Waals surface area contributed by atoms with Crippen molar-refractivity contribution in [3.05, 3.63) is 71.8 Å². The molecule has 0 bridgehead atoms. The Bertz CT molecular complexity index is 1120. The molecule has 0 radical (unpaired) electrons. The van der Waals surface area contributed by atoms with Gasteiger partial charge < -0.3 is 20.1 Å². The van der Waals surface area contributed by atoms with E-state index in [0.29, 0.717) is 5.56 Å². The van der Waals surface area contributed by atoms with Crippen LogP contribution in [0.3, 0.4) is 0 Å². The Hall–Kier alpha value is -4.26. The number of carbonyl (C=O) groups excluding carboxylic acids is 2. The van der Waals surface area contributed by atoms with Crippen LogP contribution in [-0.2, 0) is 15.8 Å². The minimum absolute atomic E-state index is 0.0206. The number of halogens is 3. The maximum atomic E-state index is 12.8. The van der Waals surface area contributed by atoms with Crippen LogP contribution >= 0.6 is 0 Å². The van der Waals surface area contributed by atoms with E-state index < -0.39 is 30.2 Å². The third-order valence-corrected chi connectivity index (χ3v) is 4.18. The molecule has 0 heterocycles. The van der Waals surface area contributed by atoms with Crippen molar-refractivity contribution < 1.29 is 32.2 Å². The van der Waals surface area contributed by atoms with Gasteiger partial charge in [-0.25, -0.2) is 0 Å². The fourth-order valence-electron chi connectivity index (χ4n) is 2.69. The Kier molecular flexibility index (Phi) is 9.26. The average Bonchev–Trinajstić information content (AvgIpc) is 2.80. The van der Waals surface area contributed by atoms with Crippen molar-refractivity contribution in [2.45, 2.75) is 13.1 Å². The molecule has 34 heavy (non-hydrogen) atoms. The van der Waals surface area contributed by atoms with Gasteiger partial charge in [-0.2, -0.15) is 18.4 Å². The van der Waals surface area contributed by atoms with E-state index in [9.17, 15) is 28.0 Å². The van der Waals surface area contributed by atoms with Crippen LogP contribution in [0, 0.1) is 11.3 Å². The van der Waals surface area contributed by atoms with Gasteiger partial charge in [0.1, 0.15) is 11.6 Å². The summed E-state index contributed by atoms with van der Waals surface area (Å²) in [6.45, 7) is 5.21. The van der Waals surface area contributed by atoms with Crippen LogP contribution in [-0.4, -0.2) is 31.6 Å².